The van der Waals surface area contributed by atoms with Gasteiger partial charge >= 0.3 is 0 Å². The smallest absolute Gasteiger partial charge is 0.300 e. The molecule has 0 rings (SSSR count). The quantitative estimate of drug-likeness (QED) is 0.406. The lowest BCUT2D eigenvalue weighted by atomic mass is 11.2. The molecule has 2 nitrogen and oxygen atoms in total. The average molecular weight is 65.1 g/mol. The first-order valence-corrected chi connectivity index (χ1v) is 0.658. The van der Waals surface area contributed by atoms with Gasteiger partial charge in [0.1, 0.15) is 0 Å². The average Bonchev–Trinajstić information content (AvgIpc) is 1.62. The van der Waals surface area contributed by atoms with Crippen molar-refractivity contribution in [2.45, 2.75) is 6.85 Å². The lowest BCUT2D eigenvalue weighted by Crippen LogP contribution is -1.78. The van der Waals surface area contributed by atoms with Crippen LogP contribution in [0, 0.1) is 0 Å². The van der Waals surface area contributed by atoms with Crippen molar-refractivity contribution in [2.24, 2.45) is 0 Å². The minimum Gasteiger partial charge on any atom is -0.481 e. The minimum absolute atomic E-state index is 1.50. The Morgan fingerprint density at radius 3 is 3.50 bits per heavy atom. The molecule has 4 heavy (non-hydrogen) atoms. The molecule has 0 aliphatic heterocycles. The SMILES string of the molecule is [2H]OC(=O)[13C]([2H])([2H])[2H]. The van der Waals surface area contributed by atoms with E-state index >= 15 is 0 Å². The molecule has 0 bridgehead atoms. The van der Waals surface area contributed by atoms with Crippen LogP contribution in [0.4, 0.5) is 0 Å². The van der Waals surface area contributed by atoms with Gasteiger partial charge in [-0.3, -0.25) is 4.79 Å². The molecule has 0 amide bonds. The fourth-order valence-electron chi connectivity index (χ4n) is 0. The summed E-state index contributed by atoms with van der Waals surface area (Å²) in [5.74, 6) is -1.50. The maximum Gasteiger partial charge on any atom is 0.300 e. The van der Waals surface area contributed by atoms with Gasteiger partial charge in [0.15, 0.2) is 0 Å². The molecule has 0 atom stereocenters. The molecule has 0 fully saturated rings. The Hall–Kier alpha value is -0.530. The zero-order chi connectivity index (χ0) is 6.78. The van der Waals surface area contributed by atoms with E-state index in [-0.39, 0.29) is 0 Å². The Labute approximate surface area is 29.8 Å². The maximum atomic E-state index is 9.86. The molecule has 0 aromatic rings. The molecule has 2 heteroatoms. The van der Waals surface area contributed by atoms with Crippen molar-refractivity contribution in [1.29, 1.82) is 1.43 Å². The fourth-order valence-corrected chi connectivity index (χ4v) is 0. The Balaban J connectivity index is 3.82. The van der Waals surface area contributed by atoms with Crippen molar-refractivity contribution in [2.75, 3.05) is 0 Å². The van der Waals surface area contributed by atoms with Gasteiger partial charge in [0.05, 0.1) is 0 Å². The zero-order valence-electron chi connectivity index (χ0n) is 5.82. The van der Waals surface area contributed by atoms with E-state index in [9.17, 15) is 4.79 Å². The van der Waals surface area contributed by atoms with Crippen LogP contribution in [0.5, 0.6) is 0 Å². The molecule has 0 aliphatic carbocycles. The van der Waals surface area contributed by atoms with Gasteiger partial charge < -0.3 is 5.11 Å². The van der Waals surface area contributed by atoms with Gasteiger partial charge in [0.25, 0.3) is 7.40 Å². The Kier molecular flexibility index (Phi) is 0.111. The van der Waals surface area contributed by atoms with Crippen LogP contribution in [0.15, 0.2) is 0 Å². The van der Waals surface area contributed by atoms with Gasteiger partial charge in [-0.2, -0.15) is 0 Å². The van der Waals surface area contributed by atoms with Crippen LogP contribution in [0.1, 0.15) is 11.0 Å². The largest absolute Gasteiger partial charge is 0.481 e. The lowest BCUT2D eigenvalue weighted by molar-refractivity contribution is -0.134. The first kappa shape index (κ1) is 0.506. The third-order valence-corrected chi connectivity index (χ3v) is 0. The highest BCUT2D eigenvalue weighted by Gasteiger charge is 1.65. The van der Waals surface area contributed by atoms with Gasteiger partial charge in [-0.05, 0) is 0 Å². The molecule has 0 aromatic carbocycles. The van der Waals surface area contributed by atoms with Gasteiger partial charge in [-0.15, -0.1) is 0 Å². The van der Waals surface area contributed by atoms with Crippen LogP contribution in [-0.4, -0.2) is 11.1 Å². The molecule has 0 aromatic heterocycles. The van der Waals surface area contributed by atoms with Crippen LogP contribution in [0.2, 0.25) is 0 Å². The number of hydrogen-bond donors (Lipinski definition) is 1. The molecular formula is C2H4O2. The summed E-state index contributed by atoms with van der Waals surface area (Å²) in [7, 11) is 0. The van der Waals surface area contributed by atoms with Crippen LogP contribution in [0.25, 0.3) is 1.43 Å². The molecule has 0 saturated heterocycles. The summed E-state index contributed by atoms with van der Waals surface area (Å²) in [5.41, 5.74) is 0. The van der Waals surface area contributed by atoms with Crippen molar-refractivity contribution in [3.05, 3.63) is 0 Å². The summed E-state index contributed by atoms with van der Waals surface area (Å²) in [6, 6.07) is 0. The number of hydrogen-bond acceptors (Lipinski definition) is 2. The summed E-state index contributed by atoms with van der Waals surface area (Å²) in [4.78, 5) is 9.86. The van der Waals surface area contributed by atoms with E-state index in [0.717, 1.165) is 0 Å². The van der Waals surface area contributed by atoms with Crippen LogP contribution >= 0.6 is 0 Å². The molecule has 0 heterocycles. The second-order valence-electron chi connectivity index (χ2n) is 0.287. The molecular weight excluding hydrogens is 57.0 g/mol. The van der Waals surface area contributed by atoms with E-state index in [4.69, 9.17) is 5.54 Å². The van der Waals surface area contributed by atoms with Gasteiger partial charge in [-0.1, -0.05) is 0 Å². The Morgan fingerprint density at radius 1 is 2.75 bits per heavy atom. The number of aliphatic carboxylic acids is 1. The highest BCUT2D eigenvalue weighted by molar-refractivity contribution is 5.62. The summed E-state index contributed by atoms with van der Waals surface area (Å²) in [5, 5.41) is 3.16. The molecule has 0 spiro atoms. The van der Waals surface area contributed by atoms with Gasteiger partial charge in [-0.25, -0.2) is 0 Å². The van der Waals surface area contributed by atoms with Crippen LogP contribution < -0.4 is 0 Å². The minimum atomic E-state index is -2.79. The van der Waals surface area contributed by atoms with Crippen molar-refractivity contribution < 1.29 is 14.0 Å². The molecule has 0 aliphatic rings. The molecule has 1 N–H and O–H groups in total. The number of carboxylic acid groups (broad SMARTS) is 1. The number of rotatable bonds is 0. The maximum absolute atomic E-state index is 9.86. The van der Waals surface area contributed by atoms with Crippen molar-refractivity contribution in [3.63, 3.8) is 0 Å². The first-order valence-electron chi connectivity index (χ1n) is 2.57. The predicted octanol–water partition coefficient (Wildman–Crippen LogP) is 0.0909. The van der Waals surface area contributed by atoms with E-state index in [1.54, 1.807) is 0 Å². The van der Waals surface area contributed by atoms with E-state index in [0.29, 0.717) is 0 Å². The predicted molar refractivity (Wildman–Crippen MR) is 13.3 cm³/mol. The topological polar surface area (TPSA) is 37.3 Å². The van der Waals surface area contributed by atoms with Crippen LogP contribution in [-0.2, 0) is 4.79 Å². The third-order valence-electron chi connectivity index (χ3n) is 0. The number of carbonyl (C=O) groups is 1. The monoisotopic (exact) mass is 65.0 g/mol. The van der Waals surface area contributed by atoms with Crippen LogP contribution in [0.3, 0.4) is 0 Å². The van der Waals surface area contributed by atoms with Crippen molar-refractivity contribution in [1.82, 2.24) is 0 Å². The summed E-state index contributed by atoms with van der Waals surface area (Å²) >= 11 is 0. The number of carboxylic acids is 1. The van der Waals surface area contributed by atoms with Gasteiger partial charge in [0.2, 0.25) is 0 Å². The molecule has 0 saturated carbocycles. The highest BCUT2D eigenvalue weighted by atomic mass is 16.4. The Bertz CT molecular complexity index is 94.7. The summed E-state index contributed by atoms with van der Waals surface area (Å²) in [6.45, 7) is -2.79. The molecule has 0 unspecified atom stereocenters. The lowest BCUT2D eigenvalue weighted by Gasteiger charge is -1.59. The van der Waals surface area contributed by atoms with E-state index in [1.807, 2.05) is 0 Å². The van der Waals surface area contributed by atoms with Crippen molar-refractivity contribution >= 4 is 5.97 Å². The standard InChI is InChI=1S/C2H4O2/c1-2(3)4/h1H3,(H,3,4)/i1+1D3/hD. The van der Waals surface area contributed by atoms with Crippen molar-refractivity contribution in [3.8, 4) is 0 Å². The second-order valence-corrected chi connectivity index (χ2v) is 0.287. The molecule has 24 valence electrons. The zero-order valence-corrected chi connectivity index (χ0v) is 1.82. The Morgan fingerprint density at radius 2 is 3.50 bits per heavy atom. The van der Waals surface area contributed by atoms with E-state index < -0.39 is 12.8 Å². The summed E-state index contributed by atoms with van der Waals surface area (Å²) in [6.07, 6.45) is 0. The van der Waals surface area contributed by atoms with E-state index in [2.05, 4.69) is 5.11 Å². The fraction of sp³-hybridized carbons (Fsp3) is 0.500. The third kappa shape index (κ3) is 1.16. The second kappa shape index (κ2) is 0.875. The normalized spacial score (nSPS) is 23.0. The first-order chi connectivity index (χ1) is 3.48. The highest BCUT2D eigenvalue weighted by Crippen LogP contribution is 1.42. The van der Waals surface area contributed by atoms with Gasteiger partial charge in [0, 0.05) is 11.0 Å². The van der Waals surface area contributed by atoms with E-state index in [1.165, 1.54) is 0 Å². The summed E-state index contributed by atoms with van der Waals surface area (Å²) < 4.78 is 24.7. The molecule has 0 radical (unpaired) electrons.